The van der Waals surface area contributed by atoms with E-state index in [0.29, 0.717) is 5.56 Å². The van der Waals surface area contributed by atoms with Gasteiger partial charge in [-0.25, -0.2) is 17.6 Å². The first-order valence-corrected chi connectivity index (χ1v) is 11.7. The van der Waals surface area contributed by atoms with Crippen LogP contribution in [-0.4, -0.2) is 29.3 Å². The molecule has 0 saturated heterocycles. The number of carbonyl (C=O) groups is 2. The summed E-state index contributed by atoms with van der Waals surface area (Å²) in [6, 6.07) is 0.562. The maximum atomic E-state index is 13.4. The van der Waals surface area contributed by atoms with Crippen molar-refractivity contribution in [1.29, 1.82) is 0 Å². The first kappa shape index (κ1) is 28.5. The van der Waals surface area contributed by atoms with Crippen molar-refractivity contribution in [2.75, 3.05) is 0 Å². The van der Waals surface area contributed by atoms with Crippen LogP contribution >= 0.6 is 34.8 Å². The Morgan fingerprint density at radius 1 is 0.861 bits per heavy atom. The van der Waals surface area contributed by atoms with E-state index in [-0.39, 0.29) is 32.6 Å². The lowest BCUT2D eigenvalue weighted by Gasteiger charge is -2.18. The maximum absolute atomic E-state index is 13.4. The van der Waals surface area contributed by atoms with E-state index in [1.165, 1.54) is 13.8 Å². The fourth-order valence-electron chi connectivity index (χ4n) is 2.88. The Bertz CT molecular complexity index is 1080. The molecule has 200 valence electrons. The summed E-state index contributed by atoms with van der Waals surface area (Å²) in [6.45, 7) is 4.10. The van der Waals surface area contributed by atoms with Crippen LogP contribution in [0.4, 0.5) is 17.6 Å². The number of hydrogen-bond donors (Lipinski definition) is 3. The molecule has 3 N–H and O–H groups in total. The third kappa shape index (κ3) is 9.10. The van der Waals surface area contributed by atoms with Crippen LogP contribution < -0.4 is 10.6 Å². The molecule has 36 heavy (non-hydrogen) atoms. The van der Waals surface area contributed by atoms with Gasteiger partial charge >= 0.3 is 0 Å². The Morgan fingerprint density at radius 3 is 1.56 bits per heavy atom. The van der Waals surface area contributed by atoms with Gasteiger partial charge in [-0.1, -0.05) is 23.2 Å². The van der Waals surface area contributed by atoms with Crippen LogP contribution in [0.2, 0.25) is 10.0 Å². The number of nitrogens with one attached hydrogen (secondary N) is 2. The van der Waals surface area contributed by atoms with Crippen molar-refractivity contribution in [2.45, 2.75) is 64.6 Å². The van der Waals surface area contributed by atoms with Crippen molar-refractivity contribution in [3.05, 3.63) is 68.2 Å². The van der Waals surface area contributed by atoms with E-state index in [4.69, 9.17) is 37.5 Å². The Balaban J connectivity index is 0.000000380. The van der Waals surface area contributed by atoms with Crippen molar-refractivity contribution >= 4 is 46.6 Å². The smallest absolute Gasteiger partial charge is 0.254 e. The second kappa shape index (κ2) is 14.6. The molecule has 2 aromatic carbocycles. The predicted molar refractivity (Wildman–Crippen MR) is 133 cm³/mol. The fraction of sp³-hybridized carbons (Fsp3) is 0.417. The molecule has 2 amide bonds. The molecule has 0 aliphatic heterocycles. The molecule has 0 heterocycles. The molecule has 0 fully saturated rings. The topological polar surface area (TPSA) is 78.4 Å². The Morgan fingerprint density at radius 2 is 1.22 bits per heavy atom. The third-order valence-corrected chi connectivity index (χ3v) is 5.71. The van der Waals surface area contributed by atoms with E-state index in [1.54, 1.807) is 0 Å². The van der Waals surface area contributed by atoms with Crippen molar-refractivity contribution in [1.82, 2.24) is 10.6 Å². The zero-order chi connectivity index (χ0) is 29.6. The molecule has 2 rings (SSSR count). The third-order valence-electron chi connectivity index (χ3n) is 4.76. The molecule has 0 aromatic heterocycles. The normalized spacial score (nSPS) is 16.7. The van der Waals surface area contributed by atoms with E-state index in [9.17, 15) is 32.3 Å². The molecule has 4 atom stereocenters. The van der Waals surface area contributed by atoms with Gasteiger partial charge in [-0.2, -0.15) is 0 Å². The Hall–Kier alpha value is -2.07. The number of halogens is 7. The molecule has 5 nitrogen and oxygen atoms in total. The Kier molecular flexibility index (Phi) is 11.6. The van der Waals surface area contributed by atoms with Gasteiger partial charge in [-0.15, -0.1) is 11.6 Å². The zero-order valence-corrected chi connectivity index (χ0v) is 22.1. The number of benzene rings is 2. The second-order valence-corrected chi connectivity index (χ2v) is 8.66. The number of aliphatic hydroxyl groups excluding tert-OH is 1. The van der Waals surface area contributed by atoms with Crippen LogP contribution in [0.5, 0.6) is 0 Å². The summed E-state index contributed by atoms with van der Waals surface area (Å²) in [6.07, 6.45) is -3.57. The summed E-state index contributed by atoms with van der Waals surface area (Å²) in [7, 11) is 0. The number of hydrogen-bond acceptors (Lipinski definition) is 3. The van der Waals surface area contributed by atoms with Crippen LogP contribution in [-0.2, 0) is 22.1 Å². The van der Waals surface area contributed by atoms with E-state index >= 15 is 0 Å². The lowest BCUT2D eigenvalue weighted by Crippen LogP contribution is -2.33. The van der Waals surface area contributed by atoms with Crippen LogP contribution in [0.15, 0.2) is 24.3 Å². The van der Waals surface area contributed by atoms with E-state index in [2.05, 4.69) is 10.6 Å². The molecule has 0 aliphatic rings. The zero-order valence-electron chi connectivity index (χ0n) is 21.8. The summed E-state index contributed by atoms with van der Waals surface area (Å²) < 4.78 is 68.4. The van der Waals surface area contributed by atoms with Gasteiger partial charge in [0.05, 0.1) is 21.4 Å². The SMILES string of the molecule is [2H]C(C)(NC(=O)C(C)F)c1cc(F)cc(Cl)c1CCl.[2H]C(C)(NC(=O)C(C)F)c1cc(F)cc(Cl)c1CO. The van der Waals surface area contributed by atoms with Crippen molar-refractivity contribution in [3.63, 3.8) is 0 Å². The minimum absolute atomic E-state index is 0.0194. The van der Waals surface area contributed by atoms with Gasteiger partial charge in [0.1, 0.15) is 11.6 Å². The predicted octanol–water partition coefficient (Wildman–Crippen LogP) is 6.26. The summed E-state index contributed by atoms with van der Waals surface area (Å²) in [5.41, 5.74) is 0.525. The van der Waals surface area contributed by atoms with Gasteiger partial charge in [0.25, 0.3) is 11.8 Å². The van der Waals surface area contributed by atoms with E-state index in [0.717, 1.165) is 38.1 Å². The highest BCUT2D eigenvalue weighted by Gasteiger charge is 2.20. The highest BCUT2D eigenvalue weighted by atomic mass is 35.5. The first-order valence-electron chi connectivity index (χ1n) is 11.4. The molecule has 0 bridgehead atoms. The van der Waals surface area contributed by atoms with Crippen molar-refractivity contribution in [2.24, 2.45) is 0 Å². The summed E-state index contributed by atoms with van der Waals surface area (Å²) in [5.74, 6) is -3.38. The summed E-state index contributed by atoms with van der Waals surface area (Å²) >= 11 is 17.3. The number of carbonyl (C=O) groups excluding carboxylic acids is 2. The monoisotopic (exact) mass is 574 g/mol. The van der Waals surface area contributed by atoms with Gasteiger partial charge in [0.15, 0.2) is 12.3 Å². The average molecular weight is 576 g/mol. The van der Waals surface area contributed by atoms with Crippen molar-refractivity contribution < 1.29 is 35.0 Å². The van der Waals surface area contributed by atoms with Crippen LogP contribution in [0.25, 0.3) is 0 Å². The number of aliphatic hydroxyl groups is 1. The minimum Gasteiger partial charge on any atom is -0.392 e. The standard InChI is InChI=1S/C12H13Cl2F2NO.C12H14ClF2NO2/c1-6(15)12(18)17-7(2)9-3-8(16)4-11(14)10(9)5-13;1-6(14)12(18)16-7(2)9-3-8(15)4-11(13)10(9)5-17/h3-4,6-7H,5H2,1-2H3,(H,17,18);3-4,6-7,17H,5H2,1-2H3,(H,16,18)/i2*7D. The van der Waals surface area contributed by atoms with Crippen LogP contribution in [0.1, 0.15) is 64.7 Å². The lowest BCUT2D eigenvalue weighted by atomic mass is 10.0. The summed E-state index contributed by atoms with van der Waals surface area (Å²) in [4.78, 5) is 22.6. The minimum atomic E-state index is -1.80. The summed E-state index contributed by atoms with van der Waals surface area (Å²) in [5, 5.41) is 13.5. The molecule has 12 heteroatoms. The molecule has 0 saturated carbocycles. The highest BCUT2D eigenvalue weighted by Crippen LogP contribution is 2.29. The number of amides is 2. The molecule has 4 unspecified atom stereocenters. The maximum Gasteiger partial charge on any atom is 0.254 e. The van der Waals surface area contributed by atoms with Gasteiger partial charge in [-0.05, 0) is 68.7 Å². The first-order chi connectivity index (χ1) is 17.4. The Labute approximate surface area is 224 Å². The fourth-order valence-corrected chi connectivity index (χ4v) is 3.77. The molecular weight excluding hydrogens is 547 g/mol. The number of rotatable bonds is 8. The quantitative estimate of drug-likeness (QED) is 0.257. The van der Waals surface area contributed by atoms with E-state index < -0.39 is 54.4 Å². The lowest BCUT2D eigenvalue weighted by molar-refractivity contribution is -0.126. The molecule has 0 spiro atoms. The van der Waals surface area contributed by atoms with Gasteiger partial charge < -0.3 is 15.7 Å². The van der Waals surface area contributed by atoms with Gasteiger partial charge in [0.2, 0.25) is 0 Å². The molecular formula is C24H27Cl3F4N2O3. The van der Waals surface area contributed by atoms with Gasteiger partial charge in [0, 0.05) is 21.5 Å². The van der Waals surface area contributed by atoms with Crippen LogP contribution in [0.3, 0.4) is 0 Å². The van der Waals surface area contributed by atoms with Gasteiger partial charge in [-0.3, -0.25) is 9.59 Å². The van der Waals surface area contributed by atoms with Crippen molar-refractivity contribution in [3.8, 4) is 0 Å². The number of alkyl halides is 3. The molecule has 2 aromatic rings. The average Bonchev–Trinajstić information content (AvgIpc) is 2.77. The molecule has 0 aliphatic carbocycles. The largest absolute Gasteiger partial charge is 0.392 e. The van der Waals surface area contributed by atoms with Crippen LogP contribution in [0, 0.1) is 11.6 Å². The second-order valence-electron chi connectivity index (χ2n) is 7.58. The highest BCUT2D eigenvalue weighted by molar-refractivity contribution is 6.32. The molecule has 0 radical (unpaired) electrons. The van der Waals surface area contributed by atoms with E-state index in [1.807, 2.05) is 0 Å².